The zero-order chi connectivity index (χ0) is 13.0. The van der Waals surface area contributed by atoms with E-state index in [2.05, 4.69) is 29.1 Å². The van der Waals surface area contributed by atoms with Crippen LogP contribution in [0.3, 0.4) is 0 Å². The summed E-state index contributed by atoms with van der Waals surface area (Å²) in [5, 5.41) is 3.50. The lowest BCUT2D eigenvalue weighted by atomic mass is 9.80. The molecule has 2 aliphatic rings. The first-order chi connectivity index (χ1) is 8.68. The van der Waals surface area contributed by atoms with Gasteiger partial charge in [-0.15, -0.1) is 0 Å². The summed E-state index contributed by atoms with van der Waals surface area (Å²) in [6, 6.07) is 0. The summed E-state index contributed by atoms with van der Waals surface area (Å²) >= 11 is 0. The predicted molar refractivity (Wildman–Crippen MR) is 73.6 cm³/mol. The van der Waals surface area contributed by atoms with E-state index in [-0.39, 0.29) is 5.54 Å². The van der Waals surface area contributed by atoms with Crippen molar-refractivity contribution in [1.82, 2.24) is 15.1 Å². The maximum atomic E-state index is 12.8. The number of hydrogen-bond donors (Lipinski definition) is 1. The van der Waals surface area contributed by atoms with Gasteiger partial charge in [-0.05, 0) is 26.4 Å². The quantitative estimate of drug-likeness (QED) is 0.817. The lowest BCUT2D eigenvalue weighted by Gasteiger charge is -2.42. The third-order valence-electron chi connectivity index (χ3n) is 4.42. The van der Waals surface area contributed by atoms with Crippen LogP contribution in [0, 0.1) is 0 Å². The Morgan fingerprint density at radius 3 is 2.28 bits per heavy atom. The van der Waals surface area contributed by atoms with Gasteiger partial charge in [0.1, 0.15) is 0 Å². The van der Waals surface area contributed by atoms with Crippen LogP contribution in [0.5, 0.6) is 0 Å². The first-order valence-electron chi connectivity index (χ1n) is 7.41. The molecule has 0 spiro atoms. The van der Waals surface area contributed by atoms with Crippen LogP contribution in [0.25, 0.3) is 0 Å². The number of carbonyl (C=O) groups excluding carboxylic acids is 1. The van der Waals surface area contributed by atoms with Crippen LogP contribution in [0.15, 0.2) is 0 Å². The molecule has 1 aliphatic carbocycles. The number of piperazine rings is 1. The molecule has 0 radical (unpaired) electrons. The number of carbonyl (C=O) groups is 1. The molecule has 0 aromatic rings. The van der Waals surface area contributed by atoms with Gasteiger partial charge in [-0.25, -0.2) is 0 Å². The third-order valence-corrected chi connectivity index (χ3v) is 4.42. The second-order valence-corrected chi connectivity index (χ2v) is 5.77. The lowest BCUT2D eigenvalue weighted by Crippen LogP contribution is -2.61. The molecule has 1 amide bonds. The van der Waals surface area contributed by atoms with Crippen molar-refractivity contribution >= 4 is 5.91 Å². The minimum Gasteiger partial charge on any atom is -0.339 e. The molecule has 4 heteroatoms. The normalized spacial score (nSPS) is 25.1. The van der Waals surface area contributed by atoms with E-state index >= 15 is 0 Å². The van der Waals surface area contributed by atoms with Gasteiger partial charge in [-0.2, -0.15) is 0 Å². The van der Waals surface area contributed by atoms with Crippen molar-refractivity contribution in [1.29, 1.82) is 0 Å². The van der Waals surface area contributed by atoms with Crippen LogP contribution in [-0.4, -0.2) is 61.0 Å². The topological polar surface area (TPSA) is 35.6 Å². The molecule has 104 valence electrons. The van der Waals surface area contributed by atoms with Crippen LogP contribution in [0.2, 0.25) is 0 Å². The summed E-state index contributed by atoms with van der Waals surface area (Å²) in [6.45, 7) is 6.79. The fraction of sp³-hybridized carbons (Fsp3) is 0.929. The smallest absolute Gasteiger partial charge is 0.242 e. The Bertz CT molecular complexity index is 273. The van der Waals surface area contributed by atoms with E-state index in [1.807, 2.05) is 0 Å². The van der Waals surface area contributed by atoms with Crippen molar-refractivity contribution in [3.05, 3.63) is 0 Å². The molecule has 1 heterocycles. The van der Waals surface area contributed by atoms with Gasteiger partial charge in [0.25, 0.3) is 0 Å². The van der Waals surface area contributed by atoms with Gasteiger partial charge in [0.2, 0.25) is 5.91 Å². The average molecular weight is 253 g/mol. The number of amides is 1. The van der Waals surface area contributed by atoms with Crippen molar-refractivity contribution in [3.63, 3.8) is 0 Å². The lowest BCUT2D eigenvalue weighted by molar-refractivity contribution is -0.141. The number of nitrogens with zero attached hydrogens (tertiary/aromatic N) is 2. The van der Waals surface area contributed by atoms with Crippen molar-refractivity contribution in [3.8, 4) is 0 Å². The highest BCUT2D eigenvalue weighted by molar-refractivity contribution is 5.86. The Balaban J connectivity index is 2.03. The third kappa shape index (κ3) is 2.86. The molecule has 0 unspecified atom stereocenters. The second-order valence-electron chi connectivity index (χ2n) is 5.77. The van der Waals surface area contributed by atoms with Crippen molar-refractivity contribution in [2.24, 2.45) is 0 Å². The van der Waals surface area contributed by atoms with E-state index in [0.717, 1.165) is 45.6 Å². The monoisotopic (exact) mass is 253 g/mol. The molecule has 2 fully saturated rings. The minimum absolute atomic E-state index is 0.247. The zero-order valence-corrected chi connectivity index (χ0v) is 11.9. The van der Waals surface area contributed by atoms with E-state index in [0.29, 0.717) is 5.91 Å². The van der Waals surface area contributed by atoms with E-state index < -0.39 is 0 Å². The molecule has 0 atom stereocenters. The first-order valence-corrected chi connectivity index (χ1v) is 7.41. The summed E-state index contributed by atoms with van der Waals surface area (Å²) < 4.78 is 0. The SMILES string of the molecule is CCNC1(C(=O)N2CCN(C)CC2)CCCCC1. The summed E-state index contributed by atoms with van der Waals surface area (Å²) in [7, 11) is 2.13. The molecule has 4 nitrogen and oxygen atoms in total. The Kier molecular flexibility index (Phi) is 4.62. The fourth-order valence-corrected chi connectivity index (χ4v) is 3.27. The maximum absolute atomic E-state index is 12.8. The zero-order valence-electron chi connectivity index (χ0n) is 11.9. The minimum atomic E-state index is -0.247. The average Bonchev–Trinajstić information content (AvgIpc) is 2.40. The fourth-order valence-electron chi connectivity index (χ4n) is 3.27. The summed E-state index contributed by atoms with van der Waals surface area (Å²) in [5.41, 5.74) is -0.247. The van der Waals surface area contributed by atoms with Gasteiger partial charge < -0.3 is 15.1 Å². The molecule has 0 bridgehead atoms. The molecule has 1 aliphatic heterocycles. The summed E-state index contributed by atoms with van der Waals surface area (Å²) in [5.74, 6) is 0.358. The largest absolute Gasteiger partial charge is 0.339 e. The van der Waals surface area contributed by atoms with E-state index in [9.17, 15) is 4.79 Å². The van der Waals surface area contributed by atoms with Gasteiger partial charge in [0.15, 0.2) is 0 Å². The molecule has 2 rings (SSSR count). The van der Waals surface area contributed by atoms with Crippen LogP contribution in [0.1, 0.15) is 39.0 Å². The Morgan fingerprint density at radius 1 is 1.11 bits per heavy atom. The van der Waals surface area contributed by atoms with Gasteiger partial charge in [0.05, 0.1) is 5.54 Å². The highest BCUT2D eigenvalue weighted by atomic mass is 16.2. The number of nitrogens with one attached hydrogen (secondary N) is 1. The van der Waals surface area contributed by atoms with Gasteiger partial charge >= 0.3 is 0 Å². The van der Waals surface area contributed by atoms with Crippen molar-refractivity contribution < 1.29 is 4.79 Å². The first kappa shape index (κ1) is 13.8. The number of likely N-dealkylation sites (N-methyl/N-ethyl adjacent to an activating group) is 2. The van der Waals surface area contributed by atoms with Gasteiger partial charge in [-0.3, -0.25) is 4.79 Å². The van der Waals surface area contributed by atoms with Crippen LogP contribution in [-0.2, 0) is 4.79 Å². The van der Waals surface area contributed by atoms with Crippen molar-refractivity contribution in [2.45, 2.75) is 44.6 Å². The molecule has 0 aromatic carbocycles. The Labute approximate surface area is 111 Å². The van der Waals surface area contributed by atoms with E-state index in [1.54, 1.807) is 0 Å². The molecular weight excluding hydrogens is 226 g/mol. The highest BCUT2D eigenvalue weighted by Crippen LogP contribution is 2.30. The van der Waals surface area contributed by atoms with Crippen molar-refractivity contribution in [2.75, 3.05) is 39.8 Å². The Hall–Kier alpha value is -0.610. The Morgan fingerprint density at radius 2 is 1.72 bits per heavy atom. The van der Waals surface area contributed by atoms with E-state index in [1.165, 1.54) is 19.3 Å². The standard InChI is InChI=1S/C14H27N3O/c1-3-15-14(7-5-4-6-8-14)13(18)17-11-9-16(2)10-12-17/h15H,3-12H2,1-2H3. The molecule has 1 saturated heterocycles. The number of hydrogen-bond acceptors (Lipinski definition) is 3. The van der Waals surface area contributed by atoms with Gasteiger partial charge in [-0.1, -0.05) is 26.2 Å². The molecule has 18 heavy (non-hydrogen) atoms. The molecule has 0 aromatic heterocycles. The van der Waals surface area contributed by atoms with Crippen LogP contribution in [0.4, 0.5) is 0 Å². The summed E-state index contributed by atoms with van der Waals surface area (Å²) in [6.07, 6.45) is 5.69. The predicted octanol–water partition coefficient (Wildman–Crippen LogP) is 1.07. The second kappa shape index (κ2) is 6.02. The number of rotatable bonds is 3. The van der Waals surface area contributed by atoms with Crippen LogP contribution >= 0.6 is 0 Å². The molecule has 1 saturated carbocycles. The molecular formula is C14H27N3O. The highest BCUT2D eigenvalue weighted by Gasteiger charge is 2.41. The summed E-state index contributed by atoms with van der Waals surface area (Å²) in [4.78, 5) is 17.2. The van der Waals surface area contributed by atoms with Crippen LogP contribution < -0.4 is 5.32 Å². The molecule has 1 N–H and O–H groups in total. The van der Waals surface area contributed by atoms with Gasteiger partial charge in [0, 0.05) is 26.2 Å². The van der Waals surface area contributed by atoms with E-state index in [4.69, 9.17) is 0 Å². The maximum Gasteiger partial charge on any atom is 0.242 e.